The van der Waals surface area contributed by atoms with Crippen LogP contribution >= 0.6 is 0 Å². The molecule has 0 spiro atoms. The average molecular weight is 365 g/mol. The number of nitrogens with zero attached hydrogens (tertiary/aromatic N) is 3. The molecule has 0 radical (unpaired) electrons. The summed E-state index contributed by atoms with van der Waals surface area (Å²) >= 11 is 0. The van der Waals surface area contributed by atoms with Crippen LogP contribution in [0.5, 0.6) is 0 Å². The van der Waals surface area contributed by atoms with E-state index in [2.05, 4.69) is 4.98 Å². The molecule has 0 atom stereocenters. The monoisotopic (exact) mass is 365 g/mol. The lowest BCUT2D eigenvalue weighted by molar-refractivity contribution is -0.135. The standard InChI is InChI=1S/C22H27N3O2/c1-17-4-3-5-20(16-17)22(27)25-14-9-19(10-15-25)21(26)24(2)13-8-18-6-11-23-12-7-18/h3-7,11-12,16,19H,8-10,13-15H2,1-2H3. The Bertz CT molecular complexity index is 783. The predicted octanol–water partition coefficient (Wildman–Crippen LogP) is 2.94. The molecule has 1 aromatic carbocycles. The van der Waals surface area contributed by atoms with Crippen molar-refractivity contribution in [2.24, 2.45) is 5.92 Å². The molecule has 0 saturated carbocycles. The maximum absolute atomic E-state index is 12.7. The van der Waals surface area contributed by atoms with Crippen LogP contribution in [0.4, 0.5) is 0 Å². The van der Waals surface area contributed by atoms with E-state index in [9.17, 15) is 9.59 Å². The molecule has 0 unspecified atom stereocenters. The largest absolute Gasteiger partial charge is 0.345 e. The van der Waals surface area contributed by atoms with Gasteiger partial charge in [0.15, 0.2) is 0 Å². The molecule has 2 heterocycles. The predicted molar refractivity (Wildman–Crippen MR) is 105 cm³/mol. The molecule has 2 amide bonds. The zero-order chi connectivity index (χ0) is 19.2. The summed E-state index contributed by atoms with van der Waals surface area (Å²) in [6.45, 7) is 3.97. The molecule has 27 heavy (non-hydrogen) atoms. The second kappa shape index (κ2) is 8.80. The van der Waals surface area contributed by atoms with E-state index in [1.54, 1.807) is 12.4 Å². The number of carbonyl (C=O) groups is 2. The van der Waals surface area contributed by atoms with Gasteiger partial charge in [-0.05, 0) is 56.0 Å². The number of rotatable bonds is 5. The van der Waals surface area contributed by atoms with Crippen LogP contribution in [0, 0.1) is 12.8 Å². The minimum atomic E-state index is 0.00833. The fourth-order valence-electron chi connectivity index (χ4n) is 3.56. The van der Waals surface area contributed by atoms with Gasteiger partial charge in [0.05, 0.1) is 0 Å². The highest BCUT2D eigenvalue weighted by molar-refractivity contribution is 5.94. The van der Waals surface area contributed by atoms with Gasteiger partial charge in [-0.25, -0.2) is 0 Å². The van der Waals surface area contributed by atoms with E-state index >= 15 is 0 Å². The fraction of sp³-hybridized carbons (Fsp3) is 0.409. The molecule has 0 bridgehead atoms. The summed E-state index contributed by atoms with van der Waals surface area (Å²) in [7, 11) is 1.87. The van der Waals surface area contributed by atoms with Gasteiger partial charge in [-0.2, -0.15) is 0 Å². The van der Waals surface area contributed by atoms with Gasteiger partial charge in [0.25, 0.3) is 5.91 Å². The number of benzene rings is 1. The molecule has 0 N–H and O–H groups in total. The number of hydrogen-bond donors (Lipinski definition) is 0. The van der Waals surface area contributed by atoms with E-state index in [-0.39, 0.29) is 17.7 Å². The summed E-state index contributed by atoms with van der Waals surface area (Å²) in [5.74, 6) is 0.261. The smallest absolute Gasteiger partial charge is 0.253 e. The van der Waals surface area contributed by atoms with Crippen molar-refractivity contribution >= 4 is 11.8 Å². The van der Waals surface area contributed by atoms with Crippen molar-refractivity contribution in [3.05, 3.63) is 65.5 Å². The average Bonchev–Trinajstić information content (AvgIpc) is 2.72. The zero-order valence-corrected chi connectivity index (χ0v) is 16.1. The van der Waals surface area contributed by atoms with E-state index in [0.717, 1.165) is 30.4 Å². The van der Waals surface area contributed by atoms with Crippen molar-refractivity contribution in [2.75, 3.05) is 26.7 Å². The van der Waals surface area contributed by atoms with E-state index in [4.69, 9.17) is 0 Å². The van der Waals surface area contributed by atoms with Crippen LogP contribution < -0.4 is 0 Å². The van der Waals surface area contributed by atoms with Crippen LogP contribution in [0.2, 0.25) is 0 Å². The molecular weight excluding hydrogens is 338 g/mol. The van der Waals surface area contributed by atoms with Gasteiger partial charge in [-0.3, -0.25) is 14.6 Å². The van der Waals surface area contributed by atoms with Crippen LogP contribution in [0.1, 0.15) is 34.3 Å². The first kappa shape index (κ1) is 19.1. The number of aryl methyl sites for hydroxylation is 1. The number of likely N-dealkylation sites (tertiary alicyclic amines) is 1. The lowest BCUT2D eigenvalue weighted by atomic mass is 9.94. The number of piperidine rings is 1. The van der Waals surface area contributed by atoms with Crippen molar-refractivity contribution in [3.8, 4) is 0 Å². The minimum Gasteiger partial charge on any atom is -0.345 e. The topological polar surface area (TPSA) is 53.5 Å². The molecule has 1 aliphatic rings. The van der Waals surface area contributed by atoms with Gasteiger partial charge in [-0.1, -0.05) is 17.7 Å². The second-order valence-corrected chi connectivity index (χ2v) is 7.30. The Labute approximate surface area is 161 Å². The molecule has 5 nitrogen and oxygen atoms in total. The Morgan fingerprint density at radius 3 is 2.52 bits per heavy atom. The summed E-state index contributed by atoms with van der Waals surface area (Å²) in [6.07, 6.45) is 5.84. The molecule has 1 aromatic heterocycles. The molecule has 0 aliphatic carbocycles. The highest BCUT2D eigenvalue weighted by Crippen LogP contribution is 2.21. The van der Waals surface area contributed by atoms with Crippen molar-refractivity contribution < 1.29 is 9.59 Å². The van der Waals surface area contributed by atoms with Gasteiger partial charge in [0.2, 0.25) is 5.91 Å². The Kier molecular flexibility index (Phi) is 6.22. The third-order valence-electron chi connectivity index (χ3n) is 5.26. The van der Waals surface area contributed by atoms with Gasteiger partial charge in [0, 0.05) is 50.6 Å². The van der Waals surface area contributed by atoms with Crippen molar-refractivity contribution in [1.29, 1.82) is 0 Å². The molecular formula is C22H27N3O2. The van der Waals surface area contributed by atoms with Crippen LogP contribution in [-0.2, 0) is 11.2 Å². The van der Waals surface area contributed by atoms with Gasteiger partial charge < -0.3 is 9.80 Å². The fourth-order valence-corrected chi connectivity index (χ4v) is 3.56. The summed E-state index contributed by atoms with van der Waals surface area (Å²) in [6, 6.07) is 11.6. The van der Waals surface area contributed by atoms with E-state index in [0.29, 0.717) is 19.6 Å². The number of aromatic nitrogens is 1. The zero-order valence-electron chi connectivity index (χ0n) is 16.1. The van der Waals surface area contributed by atoms with Crippen molar-refractivity contribution in [3.63, 3.8) is 0 Å². The lowest BCUT2D eigenvalue weighted by Gasteiger charge is -2.33. The Morgan fingerprint density at radius 1 is 1.15 bits per heavy atom. The number of hydrogen-bond acceptors (Lipinski definition) is 3. The Morgan fingerprint density at radius 2 is 1.85 bits per heavy atom. The number of amides is 2. The molecule has 142 valence electrons. The quantitative estimate of drug-likeness (QED) is 0.819. The third kappa shape index (κ3) is 4.94. The first-order valence-electron chi connectivity index (χ1n) is 9.54. The number of pyridine rings is 1. The van der Waals surface area contributed by atoms with Crippen LogP contribution in [0.15, 0.2) is 48.8 Å². The number of likely N-dealkylation sites (N-methyl/N-ethyl adjacent to an activating group) is 1. The van der Waals surface area contributed by atoms with Crippen molar-refractivity contribution in [2.45, 2.75) is 26.2 Å². The van der Waals surface area contributed by atoms with Gasteiger partial charge in [0.1, 0.15) is 0 Å². The summed E-state index contributed by atoms with van der Waals surface area (Å²) in [4.78, 5) is 33.1. The number of carbonyl (C=O) groups excluding carboxylic acids is 2. The van der Waals surface area contributed by atoms with Crippen LogP contribution in [0.3, 0.4) is 0 Å². The molecule has 5 heteroatoms. The normalized spacial score (nSPS) is 14.8. The molecule has 2 aromatic rings. The summed E-state index contributed by atoms with van der Waals surface area (Å²) < 4.78 is 0. The Balaban J connectivity index is 1.49. The SMILES string of the molecule is Cc1cccc(C(=O)N2CCC(C(=O)N(C)CCc3ccncc3)CC2)c1. The first-order chi connectivity index (χ1) is 13.0. The van der Waals surface area contributed by atoms with E-state index in [1.807, 2.05) is 60.2 Å². The third-order valence-corrected chi connectivity index (χ3v) is 5.26. The summed E-state index contributed by atoms with van der Waals surface area (Å²) in [5.41, 5.74) is 3.00. The molecule has 1 saturated heterocycles. The van der Waals surface area contributed by atoms with E-state index < -0.39 is 0 Å². The van der Waals surface area contributed by atoms with Gasteiger partial charge in [-0.15, -0.1) is 0 Å². The minimum absolute atomic E-state index is 0.00833. The highest BCUT2D eigenvalue weighted by atomic mass is 16.2. The summed E-state index contributed by atoms with van der Waals surface area (Å²) in [5, 5.41) is 0. The molecule has 1 aliphatic heterocycles. The molecule has 3 rings (SSSR count). The van der Waals surface area contributed by atoms with Crippen LogP contribution in [0.25, 0.3) is 0 Å². The van der Waals surface area contributed by atoms with Crippen molar-refractivity contribution in [1.82, 2.24) is 14.8 Å². The lowest BCUT2D eigenvalue weighted by Crippen LogP contribution is -2.43. The second-order valence-electron chi connectivity index (χ2n) is 7.30. The highest BCUT2D eigenvalue weighted by Gasteiger charge is 2.29. The van der Waals surface area contributed by atoms with Gasteiger partial charge >= 0.3 is 0 Å². The molecule has 1 fully saturated rings. The Hall–Kier alpha value is -2.69. The first-order valence-corrected chi connectivity index (χ1v) is 9.54. The maximum atomic E-state index is 12.7. The van der Waals surface area contributed by atoms with E-state index in [1.165, 1.54) is 5.56 Å². The maximum Gasteiger partial charge on any atom is 0.253 e. The van der Waals surface area contributed by atoms with Crippen LogP contribution in [-0.4, -0.2) is 53.3 Å².